The molecule has 0 unspecified atom stereocenters. The van der Waals surface area contributed by atoms with Gasteiger partial charge in [0.1, 0.15) is 18.2 Å². The molecule has 0 aliphatic carbocycles. The summed E-state index contributed by atoms with van der Waals surface area (Å²) in [5, 5.41) is 42.6. The Morgan fingerprint density at radius 3 is 2.63 bits per heavy atom. The van der Waals surface area contributed by atoms with Crippen molar-refractivity contribution in [2.24, 2.45) is 0 Å². The Balaban J connectivity index is 2.22. The van der Waals surface area contributed by atoms with Crippen molar-refractivity contribution in [1.82, 2.24) is 25.6 Å². The number of amides is 2. The van der Waals surface area contributed by atoms with Crippen LogP contribution < -0.4 is 10.6 Å². The molecule has 0 saturated carbocycles. The number of nitrogens with zero attached hydrogens (tertiary/aromatic N) is 3. The molecule has 13 nitrogen and oxygen atoms in total. The zero-order chi connectivity index (χ0) is 22.5. The van der Waals surface area contributed by atoms with Gasteiger partial charge in [0.25, 0.3) is 0 Å². The lowest BCUT2D eigenvalue weighted by Crippen LogP contribution is -2.63. The summed E-state index contributed by atoms with van der Waals surface area (Å²) in [4.78, 5) is 34.8. The van der Waals surface area contributed by atoms with E-state index in [4.69, 9.17) is 4.74 Å². The smallest absolute Gasteiger partial charge is 0.328 e. The monoisotopic (exact) mass is 429 g/mol. The molecule has 1 fully saturated rings. The van der Waals surface area contributed by atoms with Gasteiger partial charge in [-0.15, -0.1) is 5.10 Å². The Kier molecular flexibility index (Phi) is 7.83. The summed E-state index contributed by atoms with van der Waals surface area (Å²) in [7, 11) is 1.21. The average Bonchev–Trinajstić information content (AvgIpc) is 3.16. The van der Waals surface area contributed by atoms with Crippen molar-refractivity contribution in [2.45, 2.75) is 63.3 Å². The van der Waals surface area contributed by atoms with Gasteiger partial charge in [-0.1, -0.05) is 5.21 Å². The molecule has 0 bridgehead atoms. The van der Waals surface area contributed by atoms with E-state index in [1.54, 1.807) is 0 Å². The predicted molar refractivity (Wildman–Crippen MR) is 98.3 cm³/mol. The van der Waals surface area contributed by atoms with Gasteiger partial charge < -0.3 is 35.4 Å². The molecular formula is C17H27N5O8. The third kappa shape index (κ3) is 5.50. The van der Waals surface area contributed by atoms with E-state index in [-0.39, 0.29) is 19.3 Å². The molecule has 168 valence electrons. The summed E-state index contributed by atoms with van der Waals surface area (Å²) < 4.78 is 11.5. The maximum Gasteiger partial charge on any atom is 0.328 e. The maximum absolute atomic E-state index is 11.8. The Hall–Kier alpha value is -2.61. The molecule has 13 heteroatoms. The Morgan fingerprint density at radius 2 is 2.07 bits per heavy atom. The number of methoxy groups -OCH3 is 1. The molecule has 2 amide bonds. The van der Waals surface area contributed by atoms with E-state index in [1.807, 2.05) is 0 Å². The molecule has 2 rings (SSSR count). The summed E-state index contributed by atoms with van der Waals surface area (Å²) in [6, 6.07) is -0.872. The number of esters is 1. The van der Waals surface area contributed by atoms with E-state index in [1.165, 1.54) is 31.8 Å². The summed E-state index contributed by atoms with van der Waals surface area (Å²) in [6.45, 7) is 1.92. The lowest BCUT2D eigenvalue weighted by Gasteiger charge is -2.44. The van der Waals surface area contributed by atoms with Gasteiger partial charge in [0.15, 0.2) is 0 Å². The van der Waals surface area contributed by atoms with E-state index in [0.717, 1.165) is 0 Å². The highest BCUT2D eigenvalue weighted by Gasteiger charge is 2.49. The van der Waals surface area contributed by atoms with Crippen molar-refractivity contribution in [3.63, 3.8) is 0 Å². The summed E-state index contributed by atoms with van der Waals surface area (Å²) in [6.07, 6.45) is -2.22. The number of aliphatic hydroxyl groups excluding tert-OH is 3. The van der Waals surface area contributed by atoms with Crippen LogP contribution >= 0.6 is 0 Å². The minimum Gasteiger partial charge on any atom is -0.467 e. The number of rotatable bonds is 8. The fraction of sp³-hybridized carbons (Fsp3) is 0.706. The molecule has 30 heavy (non-hydrogen) atoms. The van der Waals surface area contributed by atoms with Crippen LogP contribution in [0.5, 0.6) is 0 Å². The molecule has 0 aromatic carbocycles. The highest BCUT2D eigenvalue weighted by molar-refractivity contribution is 5.83. The van der Waals surface area contributed by atoms with E-state index < -0.39 is 54.6 Å². The molecular weight excluding hydrogens is 402 g/mol. The molecule has 1 aliphatic rings. The first-order valence-electron chi connectivity index (χ1n) is 9.32. The lowest BCUT2D eigenvalue weighted by molar-refractivity contribution is -0.271. The topological polar surface area (TPSA) is 185 Å². The van der Waals surface area contributed by atoms with Crippen LogP contribution in [0.4, 0.5) is 0 Å². The molecule has 0 radical (unpaired) electrons. The fourth-order valence-corrected chi connectivity index (χ4v) is 3.24. The normalized spacial score (nSPS) is 27.2. The van der Waals surface area contributed by atoms with Crippen molar-refractivity contribution in [3.8, 4) is 0 Å². The van der Waals surface area contributed by atoms with Crippen LogP contribution in [0.3, 0.4) is 0 Å². The van der Waals surface area contributed by atoms with Crippen LogP contribution in [0.15, 0.2) is 6.20 Å². The molecule has 1 aromatic heterocycles. The van der Waals surface area contributed by atoms with Gasteiger partial charge in [0.2, 0.25) is 17.7 Å². The van der Waals surface area contributed by atoms with Gasteiger partial charge >= 0.3 is 5.97 Å². The van der Waals surface area contributed by atoms with Crippen molar-refractivity contribution in [1.29, 1.82) is 0 Å². The van der Waals surface area contributed by atoms with Crippen LogP contribution in [0.1, 0.15) is 32.4 Å². The number of hydrogen-bond acceptors (Lipinski definition) is 10. The number of carbonyl (C=O) groups is 3. The molecule has 0 spiro atoms. The predicted octanol–water partition coefficient (Wildman–Crippen LogP) is -2.86. The standard InChI is InChI=1S/C17H27N5O8/c1-9(24)18-12(16(28)29-3)5-4-11-7-22(21-20-11)17(19-10(2)25)6-13(26)15(27)14(8-23)30-17/h7,12-15,23,26-27H,4-6,8H2,1-3H3,(H,18,24)(H,19,25)/t12-,13+,14+,15-,17-/m0/s1. The van der Waals surface area contributed by atoms with Gasteiger partial charge in [0, 0.05) is 20.3 Å². The largest absolute Gasteiger partial charge is 0.467 e. The summed E-state index contributed by atoms with van der Waals surface area (Å²) in [5.41, 5.74) is 0.406. The zero-order valence-electron chi connectivity index (χ0n) is 16.9. The first-order chi connectivity index (χ1) is 14.1. The highest BCUT2D eigenvalue weighted by Crippen LogP contribution is 2.31. The van der Waals surface area contributed by atoms with Crippen molar-refractivity contribution >= 4 is 17.8 Å². The van der Waals surface area contributed by atoms with Gasteiger partial charge in [-0.2, -0.15) is 0 Å². The molecule has 1 aromatic rings. The SMILES string of the molecule is COC(=O)[C@H](CCc1cn([C@@]2(NC(C)=O)C[C@@H](O)[C@H](O)[C@@H](CO)O2)nn1)NC(C)=O. The molecule has 5 atom stereocenters. The second-order valence-corrected chi connectivity index (χ2v) is 7.04. The van der Waals surface area contributed by atoms with Crippen molar-refractivity contribution in [2.75, 3.05) is 13.7 Å². The Labute approximate surface area is 172 Å². The van der Waals surface area contributed by atoms with Gasteiger partial charge in [-0.25, -0.2) is 9.48 Å². The van der Waals surface area contributed by atoms with E-state index in [2.05, 4.69) is 25.7 Å². The average molecular weight is 429 g/mol. The van der Waals surface area contributed by atoms with Crippen LogP contribution in [-0.2, 0) is 36.1 Å². The van der Waals surface area contributed by atoms with Gasteiger partial charge in [-0.05, 0) is 12.8 Å². The molecule has 1 aliphatic heterocycles. The second kappa shape index (κ2) is 9.93. The molecule has 5 N–H and O–H groups in total. The maximum atomic E-state index is 11.8. The highest BCUT2D eigenvalue weighted by atomic mass is 16.6. The Morgan fingerprint density at radius 1 is 1.37 bits per heavy atom. The minimum absolute atomic E-state index is 0.180. The molecule has 1 saturated heterocycles. The third-order valence-corrected chi connectivity index (χ3v) is 4.62. The van der Waals surface area contributed by atoms with Gasteiger partial charge in [-0.3, -0.25) is 9.59 Å². The summed E-state index contributed by atoms with van der Waals surface area (Å²) >= 11 is 0. The van der Waals surface area contributed by atoms with Gasteiger partial charge in [0.05, 0.1) is 31.7 Å². The molecule has 2 heterocycles. The van der Waals surface area contributed by atoms with Crippen molar-refractivity contribution in [3.05, 3.63) is 11.9 Å². The Bertz CT molecular complexity index is 771. The van der Waals surface area contributed by atoms with E-state index in [0.29, 0.717) is 5.69 Å². The number of aliphatic hydroxyl groups is 3. The minimum atomic E-state index is -1.68. The zero-order valence-corrected chi connectivity index (χ0v) is 16.9. The number of aromatic nitrogens is 3. The first-order valence-corrected chi connectivity index (χ1v) is 9.32. The van der Waals surface area contributed by atoms with Crippen LogP contribution in [-0.4, -0.2) is 86.2 Å². The number of aryl methyl sites for hydroxylation is 1. The van der Waals surface area contributed by atoms with Crippen LogP contribution in [0.25, 0.3) is 0 Å². The van der Waals surface area contributed by atoms with Crippen LogP contribution in [0.2, 0.25) is 0 Å². The fourth-order valence-electron chi connectivity index (χ4n) is 3.24. The van der Waals surface area contributed by atoms with Crippen molar-refractivity contribution < 1.29 is 39.2 Å². The van der Waals surface area contributed by atoms with Crippen LogP contribution in [0, 0.1) is 0 Å². The number of carbonyl (C=O) groups excluding carboxylic acids is 3. The first kappa shape index (κ1) is 23.7. The second-order valence-electron chi connectivity index (χ2n) is 7.04. The summed E-state index contributed by atoms with van der Waals surface area (Å²) in [5.74, 6) is -3.17. The number of nitrogens with one attached hydrogen (secondary N) is 2. The third-order valence-electron chi connectivity index (χ3n) is 4.62. The quantitative estimate of drug-likeness (QED) is 0.269. The number of ether oxygens (including phenoxy) is 2. The number of hydrogen-bond donors (Lipinski definition) is 5. The van der Waals surface area contributed by atoms with E-state index in [9.17, 15) is 29.7 Å². The lowest BCUT2D eigenvalue weighted by atomic mass is 9.98. The van der Waals surface area contributed by atoms with E-state index >= 15 is 0 Å².